The van der Waals surface area contributed by atoms with Crippen molar-refractivity contribution in [1.82, 2.24) is 0 Å². The van der Waals surface area contributed by atoms with E-state index >= 15 is 0 Å². The minimum Gasteiger partial charge on any atom is -0.487 e. The summed E-state index contributed by atoms with van der Waals surface area (Å²) in [4.78, 5) is 0. The first kappa shape index (κ1) is 32.4. The van der Waals surface area contributed by atoms with Gasteiger partial charge in [0.05, 0.1) is 18.6 Å². The standard InChI is InChI=1S/C29H50Br2O4S/c1-3-5-7-9-11-13-15-17-19-32-21-29(22-33-20-18-16-14-12-10-8-6-4-2)23-34-25-26(35-24-29)28(31)36-27(25)30/h3-24H2,1-2H3. The van der Waals surface area contributed by atoms with Crippen molar-refractivity contribution in [2.24, 2.45) is 5.41 Å². The monoisotopic (exact) mass is 652 g/mol. The molecule has 0 N–H and O–H groups in total. The van der Waals surface area contributed by atoms with Crippen molar-refractivity contribution in [2.75, 3.05) is 39.6 Å². The molecule has 0 amide bonds. The molecule has 0 unspecified atom stereocenters. The third kappa shape index (κ3) is 12.8. The maximum Gasteiger partial charge on any atom is 0.187 e. The normalized spacial score (nSPS) is 14.8. The van der Waals surface area contributed by atoms with Crippen molar-refractivity contribution in [1.29, 1.82) is 0 Å². The van der Waals surface area contributed by atoms with E-state index in [-0.39, 0.29) is 5.41 Å². The third-order valence-electron chi connectivity index (χ3n) is 6.89. The van der Waals surface area contributed by atoms with E-state index in [9.17, 15) is 0 Å². The predicted octanol–water partition coefficient (Wildman–Crippen LogP) is 10.3. The summed E-state index contributed by atoms with van der Waals surface area (Å²) in [5, 5.41) is 0. The summed E-state index contributed by atoms with van der Waals surface area (Å²) in [6.07, 6.45) is 20.9. The van der Waals surface area contributed by atoms with E-state index in [1.54, 1.807) is 11.3 Å². The van der Waals surface area contributed by atoms with Gasteiger partial charge in [-0.3, -0.25) is 0 Å². The fourth-order valence-corrected chi connectivity index (χ4v) is 7.41. The van der Waals surface area contributed by atoms with Gasteiger partial charge in [0.1, 0.15) is 20.8 Å². The molecular formula is C29H50Br2O4S. The molecule has 0 bridgehead atoms. The van der Waals surface area contributed by atoms with Gasteiger partial charge in [-0.1, -0.05) is 104 Å². The summed E-state index contributed by atoms with van der Waals surface area (Å²) < 4.78 is 26.8. The Hall–Kier alpha value is 0.180. The van der Waals surface area contributed by atoms with Gasteiger partial charge >= 0.3 is 0 Å². The lowest BCUT2D eigenvalue weighted by molar-refractivity contribution is -0.0606. The van der Waals surface area contributed by atoms with Gasteiger partial charge in [-0.05, 0) is 44.7 Å². The summed E-state index contributed by atoms with van der Waals surface area (Å²) >= 11 is 8.81. The molecular weight excluding hydrogens is 604 g/mol. The zero-order valence-electron chi connectivity index (χ0n) is 22.9. The zero-order valence-corrected chi connectivity index (χ0v) is 26.8. The SMILES string of the molecule is CCCCCCCCCCOCC1(COCCCCCCCCCC)COc2c(Br)sc(Br)c2OC1. The van der Waals surface area contributed by atoms with Crippen LogP contribution >= 0.6 is 43.2 Å². The smallest absolute Gasteiger partial charge is 0.187 e. The largest absolute Gasteiger partial charge is 0.487 e. The molecule has 0 fully saturated rings. The molecule has 0 aliphatic carbocycles. The third-order valence-corrected chi connectivity index (χ3v) is 9.31. The van der Waals surface area contributed by atoms with E-state index in [1.165, 1.54) is 89.9 Å². The minimum absolute atomic E-state index is 0.296. The Morgan fingerprint density at radius 3 is 1.36 bits per heavy atom. The fourth-order valence-electron chi connectivity index (χ4n) is 4.55. The van der Waals surface area contributed by atoms with Crippen LogP contribution in [-0.2, 0) is 9.47 Å². The van der Waals surface area contributed by atoms with Gasteiger partial charge in [-0.2, -0.15) is 0 Å². The van der Waals surface area contributed by atoms with Crippen molar-refractivity contribution >= 4 is 43.2 Å². The Bertz CT molecular complexity index is 628. The molecule has 0 saturated carbocycles. The van der Waals surface area contributed by atoms with Gasteiger partial charge in [-0.15, -0.1) is 11.3 Å². The van der Waals surface area contributed by atoms with Gasteiger partial charge in [0.2, 0.25) is 0 Å². The lowest BCUT2D eigenvalue weighted by atomic mass is 9.92. The number of hydrogen-bond acceptors (Lipinski definition) is 5. The van der Waals surface area contributed by atoms with Crippen LogP contribution in [0.25, 0.3) is 0 Å². The molecule has 0 saturated heterocycles. The highest BCUT2D eigenvalue weighted by Gasteiger charge is 2.38. The lowest BCUT2D eigenvalue weighted by Gasteiger charge is -2.30. The number of fused-ring (bicyclic) bond motifs is 1. The first-order valence-electron chi connectivity index (χ1n) is 14.5. The molecule has 7 heteroatoms. The van der Waals surface area contributed by atoms with Crippen LogP contribution in [-0.4, -0.2) is 39.6 Å². The Kier molecular flexibility index (Phi) is 18.1. The second-order valence-electron chi connectivity index (χ2n) is 10.4. The molecule has 1 aromatic rings. The first-order valence-corrected chi connectivity index (χ1v) is 16.9. The van der Waals surface area contributed by atoms with Crippen LogP contribution in [0.15, 0.2) is 7.57 Å². The van der Waals surface area contributed by atoms with E-state index in [0.29, 0.717) is 26.4 Å². The topological polar surface area (TPSA) is 36.9 Å². The van der Waals surface area contributed by atoms with Gasteiger partial charge in [0.15, 0.2) is 11.5 Å². The van der Waals surface area contributed by atoms with Crippen LogP contribution in [0.2, 0.25) is 0 Å². The molecule has 4 nitrogen and oxygen atoms in total. The van der Waals surface area contributed by atoms with Crippen LogP contribution in [0, 0.1) is 5.41 Å². The van der Waals surface area contributed by atoms with Crippen molar-refractivity contribution in [2.45, 2.75) is 117 Å². The molecule has 2 heterocycles. The number of unbranched alkanes of at least 4 members (excludes halogenated alkanes) is 14. The molecule has 0 atom stereocenters. The predicted molar refractivity (Wildman–Crippen MR) is 160 cm³/mol. The lowest BCUT2D eigenvalue weighted by Crippen LogP contribution is -2.42. The molecule has 0 radical (unpaired) electrons. The number of thiophene rings is 1. The second kappa shape index (κ2) is 20.1. The highest BCUT2D eigenvalue weighted by molar-refractivity contribution is 9.12. The van der Waals surface area contributed by atoms with Crippen molar-refractivity contribution in [3.63, 3.8) is 0 Å². The highest BCUT2D eigenvalue weighted by Crippen LogP contribution is 2.50. The Morgan fingerprint density at radius 2 is 0.972 bits per heavy atom. The summed E-state index contributed by atoms with van der Waals surface area (Å²) in [5.41, 5.74) is -0.296. The average molecular weight is 655 g/mol. The van der Waals surface area contributed by atoms with Crippen LogP contribution in [0.5, 0.6) is 11.5 Å². The van der Waals surface area contributed by atoms with E-state index in [4.69, 9.17) is 18.9 Å². The number of hydrogen-bond donors (Lipinski definition) is 0. The van der Waals surface area contributed by atoms with Gasteiger partial charge in [-0.25, -0.2) is 0 Å². The number of ether oxygens (including phenoxy) is 4. The van der Waals surface area contributed by atoms with Crippen LogP contribution in [0.4, 0.5) is 0 Å². The van der Waals surface area contributed by atoms with E-state index < -0.39 is 0 Å². The molecule has 1 aromatic heterocycles. The van der Waals surface area contributed by atoms with Crippen molar-refractivity contribution < 1.29 is 18.9 Å². The van der Waals surface area contributed by atoms with E-state index in [0.717, 1.165) is 45.1 Å². The van der Waals surface area contributed by atoms with Gasteiger partial charge < -0.3 is 18.9 Å². The van der Waals surface area contributed by atoms with E-state index in [1.807, 2.05) is 0 Å². The maximum absolute atomic E-state index is 6.25. The molecule has 0 aromatic carbocycles. The molecule has 1 aliphatic heterocycles. The van der Waals surface area contributed by atoms with Gasteiger partial charge in [0.25, 0.3) is 0 Å². The molecule has 2 rings (SSSR count). The Morgan fingerprint density at radius 1 is 0.611 bits per heavy atom. The first-order chi connectivity index (χ1) is 17.6. The van der Waals surface area contributed by atoms with Crippen LogP contribution in [0.1, 0.15) is 117 Å². The minimum atomic E-state index is -0.296. The fraction of sp³-hybridized carbons (Fsp3) is 0.862. The number of halogens is 2. The summed E-state index contributed by atoms with van der Waals surface area (Å²) in [6, 6.07) is 0. The van der Waals surface area contributed by atoms with Crippen LogP contribution in [0.3, 0.4) is 0 Å². The van der Waals surface area contributed by atoms with Crippen molar-refractivity contribution in [3.8, 4) is 11.5 Å². The summed E-state index contributed by atoms with van der Waals surface area (Å²) in [6.45, 7) is 8.41. The molecule has 210 valence electrons. The Labute approximate surface area is 241 Å². The Balaban J connectivity index is 1.71. The van der Waals surface area contributed by atoms with Crippen molar-refractivity contribution in [3.05, 3.63) is 7.57 Å². The van der Waals surface area contributed by atoms with E-state index in [2.05, 4.69) is 45.7 Å². The van der Waals surface area contributed by atoms with Gasteiger partial charge in [0, 0.05) is 13.2 Å². The summed E-state index contributed by atoms with van der Waals surface area (Å²) in [5.74, 6) is 1.58. The molecule has 0 spiro atoms. The average Bonchev–Trinajstić information content (AvgIpc) is 3.02. The molecule has 1 aliphatic rings. The van der Waals surface area contributed by atoms with Crippen LogP contribution < -0.4 is 9.47 Å². The summed E-state index contributed by atoms with van der Waals surface area (Å²) in [7, 11) is 0. The molecule has 36 heavy (non-hydrogen) atoms. The second-order valence-corrected chi connectivity index (χ2v) is 14.1. The quantitative estimate of drug-likeness (QED) is 0.117. The zero-order chi connectivity index (χ0) is 25.9. The highest BCUT2D eigenvalue weighted by atomic mass is 79.9. The number of rotatable bonds is 22. The maximum atomic E-state index is 6.25.